The largest absolute Gasteiger partial charge is 0.370 e. The van der Waals surface area contributed by atoms with Crippen molar-refractivity contribution in [3.8, 4) is 6.07 Å². The van der Waals surface area contributed by atoms with Crippen LogP contribution < -0.4 is 10.2 Å². The van der Waals surface area contributed by atoms with E-state index >= 15 is 0 Å². The fourth-order valence-corrected chi connectivity index (χ4v) is 3.42. The normalized spacial score (nSPS) is 26.8. The minimum absolute atomic E-state index is 0.631. The highest BCUT2D eigenvalue weighted by atomic mass is 79.9. The first-order valence-electron chi connectivity index (χ1n) is 6.47. The number of anilines is 1. The Labute approximate surface area is 116 Å². The molecule has 1 aromatic carbocycles. The average Bonchev–Trinajstić information content (AvgIpc) is 2.69. The van der Waals surface area contributed by atoms with Gasteiger partial charge in [-0.05, 0) is 53.4 Å². The Morgan fingerprint density at radius 2 is 2.11 bits per heavy atom. The lowest BCUT2D eigenvalue weighted by Crippen LogP contribution is -2.35. The summed E-state index contributed by atoms with van der Waals surface area (Å²) in [6, 6.07) is 9.55. The van der Waals surface area contributed by atoms with Crippen LogP contribution in [0.4, 0.5) is 5.69 Å². The van der Waals surface area contributed by atoms with Crippen molar-refractivity contribution < 1.29 is 0 Å². The molecule has 3 rings (SSSR count). The van der Waals surface area contributed by atoms with Crippen LogP contribution in [-0.4, -0.2) is 25.2 Å². The van der Waals surface area contributed by atoms with Crippen LogP contribution >= 0.6 is 15.9 Å². The number of halogens is 1. The van der Waals surface area contributed by atoms with Gasteiger partial charge in [0, 0.05) is 35.3 Å². The standard InChI is InChI=1S/C14H16BrN3/c15-14-7-13(4-1-10(14)8-16)18-6-5-11-2-3-12(9-18)17-11/h1,4,7,11-12,17H,2-3,5-6,9H2. The lowest BCUT2D eigenvalue weighted by molar-refractivity contribution is 0.563. The highest BCUT2D eigenvalue weighted by Crippen LogP contribution is 2.28. The molecule has 0 radical (unpaired) electrons. The zero-order chi connectivity index (χ0) is 12.5. The van der Waals surface area contributed by atoms with Crippen LogP contribution in [-0.2, 0) is 0 Å². The van der Waals surface area contributed by atoms with Crippen LogP contribution in [0.2, 0.25) is 0 Å². The first kappa shape index (κ1) is 12.0. The highest BCUT2D eigenvalue weighted by molar-refractivity contribution is 9.10. The van der Waals surface area contributed by atoms with Crippen molar-refractivity contribution in [2.45, 2.75) is 31.3 Å². The number of hydrogen-bond donors (Lipinski definition) is 1. The van der Waals surface area contributed by atoms with Gasteiger partial charge in [0.1, 0.15) is 6.07 Å². The van der Waals surface area contributed by atoms with Crippen molar-refractivity contribution in [3.05, 3.63) is 28.2 Å². The van der Waals surface area contributed by atoms with Crippen LogP contribution in [0.3, 0.4) is 0 Å². The number of nitrogens with zero attached hydrogens (tertiary/aromatic N) is 2. The molecule has 2 aliphatic rings. The number of nitrogens with one attached hydrogen (secondary N) is 1. The van der Waals surface area contributed by atoms with E-state index in [9.17, 15) is 0 Å². The number of nitriles is 1. The minimum atomic E-state index is 0.631. The van der Waals surface area contributed by atoms with Gasteiger partial charge in [-0.15, -0.1) is 0 Å². The predicted molar refractivity (Wildman–Crippen MR) is 75.6 cm³/mol. The fraction of sp³-hybridized carbons (Fsp3) is 0.500. The summed E-state index contributed by atoms with van der Waals surface area (Å²) >= 11 is 3.47. The molecule has 4 heteroatoms. The lowest BCUT2D eigenvalue weighted by Gasteiger charge is -2.26. The summed E-state index contributed by atoms with van der Waals surface area (Å²) in [5, 5.41) is 12.6. The van der Waals surface area contributed by atoms with Gasteiger partial charge in [-0.3, -0.25) is 0 Å². The van der Waals surface area contributed by atoms with Gasteiger partial charge in [-0.1, -0.05) is 0 Å². The Morgan fingerprint density at radius 1 is 1.28 bits per heavy atom. The Balaban J connectivity index is 1.82. The molecule has 2 atom stereocenters. The number of fused-ring (bicyclic) bond motifs is 2. The molecule has 1 aromatic rings. The van der Waals surface area contributed by atoms with E-state index in [4.69, 9.17) is 5.26 Å². The van der Waals surface area contributed by atoms with E-state index in [1.165, 1.54) is 24.9 Å². The Morgan fingerprint density at radius 3 is 2.89 bits per heavy atom. The first-order chi connectivity index (χ1) is 8.76. The summed E-state index contributed by atoms with van der Waals surface area (Å²) in [6.45, 7) is 2.18. The number of benzene rings is 1. The van der Waals surface area contributed by atoms with E-state index in [1.54, 1.807) is 0 Å². The number of rotatable bonds is 1. The second-order valence-corrected chi connectivity index (χ2v) is 6.00. The van der Waals surface area contributed by atoms with E-state index in [0.29, 0.717) is 17.6 Å². The van der Waals surface area contributed by atoms with Crippen LogP contribution in [0, 0.1) is 11.3 Å². The minimum Gasteiger partial charge on any atom is -0.370 e. The van der Waals surface area contributed by atoms with Crippen molar-refractivity contribution in [2.75, 3.05) is 18.0 Å². The molecular weight excluding hydrogens is 290 g/mol. The van der Waals surface area contributed by atoms with Crippen LogP contribution in [0.5, 0.6) is 0 Å². The monoisotopic (exact) mass is 305 g/mol. The maximum absolute atomic E-state index is 8.95. The molecule has 0 saturated carbocycles. The first-order valence-corrected chi connectivity index (χ1v) is 7.26. The molecule has 2 heterocycles. The lowest BCUT2D eigenvalue weighted by atomic mass is 10.1. The molecule has 0 spiro atoms. The quantitative estimate of drug-likeness (QED) is 0.867. The van der Waals surface area contributed by atoms with Gasteiger partial charge >= 0.3 is 0 Å². The van der Waals surface area contributed by atoms with E-state index < -0.39 is 0 Å². The molecule has 18 heavy (non-hydrogen) atoms. The van der Waals surface area contributed by atoms with Crippen molar-refractivity contribution >= 4 is 21.6 Å². The third kappa shape index (κ3) is 2.25. The zero-order valence-electron chi connectivity index (χ0n) is 10.2. The highest BCUT2D eigenvalue weighted by Gasteiger charge is 2.29. The van der Waals surface area contributed by atoms with Crippen molar-refractivity contribution in [3.63, 3.8) is 0 Å². The van der Waals surface area contributed by atoms with Gasteiger partial charge in [-0.25, -0.2) is 0 Å². The summed E-state index contributed by atoms with van der Waals surface area (Å²) in [4.78, 5) is 2.43. The molecule has 2 fully saturated rings. The topological polar surface area (TPSA) is 39.1 Å². The maximum atomic E-state index is 8.95. The summed E-state index contributed by atoms with van der Waals surface area (Å²) in [7, 11) is 0. The van der Waals surface area contributed by atoms with Gasteiger partial charge in [0.05, 0.1) is 5.56 Å². The van der Waals surface area contributed by atoms with Crippen LogP contribution in [0.25, 0.3) is 0 Å². The molecule has 0 aliphatic carbocycles. The van der Waals surface area contributed by atoms with Gasteiger partial charge in [-0.2, -0.15) is 5.26 Å². The molecule has 2 unspecified atom stereocenters. The van der Waals surface area contributed by atoms with E-state index in [1.807, 2.05) is 6.07 Å². The molecule has 3 nitrogen and oxygen atoms in total. The zero-order valence-corrected chi connectivity index (χ0v) is 11.8. The third-order valence-electron chi connectivity index (χ3n) is 3.96. The molecule has 0 aromatic heterocycles. The van der Waals surface area contributed by atoms with E-state index in [-0.39, 0.29) is 0 Å². The average molecular weight is 306 g/mol. The predicted octanol–water partition coefficient (Wildman–Crippen LogP) is 2.65. The Kier molecular flexibility index (Phi) is 3.27. The summed E-state index contributed by atoms with van der Waals surface area (Å²) in [5.41, 5.74) is 1.92. The SMILES string of the molecule is N#Cc1ccc(N2CCC3CCC(C2)N3)cc1Br. The van der Waals surface area contributed by atoms with Gasteiger partial charge < -0.3 is 10.2 Å². The van der Waals surface area contributed by atoms with Gasteiger partial charge in [0.15, 0.2) is 0 Å². The second-order valence-electron chi connectivity index (χ2n) is 5.15. The third-order valence-corrected chi connectivity index (χ3v) is 4.62. The summed E-state index contributed by atoms with van der Waals surface area (Å²) in [5.74, 6) is 0. The van der Waals surface area contributed by atoms with Crippen LogP contribution in [0.15, 0.2) is 22.7 Å². The summed E-state index contributed by atoms with van der Waals surface area (Å²) < 4.78 is 0.893. The van der Waals surface area contributed by atoms with Gasteiger partial charge in [0.2, 0.25) is 0 Å². The fourth-order valence-electron chi connectivity index (χ4n) is 2.97. The molecule has 1 N–H and O–H groups in total. The van der Waals surface area contributed by atoms with Crippen molar-refractivity contribution in [2.24, 2.45) is 0 Å². The molecule has 0 amide bonds. The summed E-state index contributed by atoms with van der Waals surface area (Å²) in [6.07, 6.45) is 3.84. The molecular formula is C14H16BrN3. The Hall–Kier alpha value is -1.05. The van der Waals surface area contributed by atoms with Crippen LogP contribution in [0.1, 0.15) is 24.8 Å². The van der Waals surface area contributed by atoms with E-state index in [2.05, 4.69) is 44.3 Å². The smallest absolute Gasteiger partial charge is 0.100 e. The second kappa shape index (κ2) is 4.91. The number of hydrogen-bond acceptors (Lipinski definition) is 3. The van der Waals surface area contributed by atoms with Gasteiger partial charge in [0.25, 0.3) is 0 Å². The molecule has 94 valence electrons. The maximum Gasteiger partial charge on any atom is 0.100 e. The molecule has 2 saturated heterocycles. The van der Waals surface area contributed by atoms with E-state index in [0.717, 1.165) is 17.6 Å². The van der Waals surface area contributed by atoms with Crippen molar-refractivity contribution in [1.82, 2.24) is 5.32 Å². The Bertz CT molecular complexity index is 494. The van der Waals surface area contributed by atoms with Crippen molar-refractivity contribution in [1.29, 1.82) is 5.26 Å². The molecule has 2 aliphatic heterocycles. The molecule has 2 bridgehead atoms.